The monoisotopic (exact) mass is 216 g/mol. The van der Waals surface area contributed by atoms with E-state index in [1.54, 1.807) is 0 Å². The molecule has 1 aromatic heterocycles. The standard InChI is InChI=1S/C13H16N2O/c1-14-7-13(8-16-9-13)11-6-15-12-5-3-2-4-10(11)12/h2-6,14-15H,7-9H2,1H3. The Kier molecular flexibility index (Phi) is 2.23. The van der Waals surface area contributed by atoms with Crippen molar-refractivity contribution in [2.45, 2.75) is 5.41 Å². The number of rotatable bonds is 3. The third-order valence-electron chi connectivity index (χ3n) is 3.43. The fraction of sp³-hybridized carbons (Fsp3) is 0.385. The van der Waals surface area contributed by atoms with Crippen LogP contribution >= 0.6 is 0 Å². The van der Waals surface area contributed by atoms with Crippen molar-refractivity contribution in [1.82, 2.24) is 10.3 Å². The van der Waals surface area contributed by atoms with Crippen LogP contribution in [-0.2, 0) is 10.2 Å². The maximum atomic E-state index is 5.41. The minimum Gasteiger partial charge on any atom is -0.379 e. The first kappa shape index (κ1) is 9.87. The lowest BCUT2D eigenvalue weighted by molar-refractivity contribution is -0.0575. The summed E-state index contributed by atoms with van der Waals surface area (Å²) in [6.45, 7) is 2.60. The van der Waals surface area contributed by atoms with E-state index in [-0.39, 0.29) is 5.41 Å². The Morgan fingerprint density at radius 1 is 1.38 bits per heavy atom. The molecule has 0 radical (unpaired) electrons. The first-order valence-corrected chi connectivity index (χ1v) is 5.65. The van der Waals surface area contributed by atoms with Crippen LogP contribution in [-0.4, -0.2) is 31.8 Å². The molecule has 0 spiro atoms. The van der Waals surface area contributed by atoms with Crippen LogP contribution in [0.4, 0.5) is 0 Å². The molecule has 0 bridgehead atoms. The highest BCUT2D eigenvalue weighted by atomic mass is 16.5. The Balaban J connectivity index is 2.10. The maximum Gasteiger partial charge on any atom is 0.0598 e. The Bertz CT molecular complexity index is 499. The van der Waals surface area contributed by atoms with Crippen molar-refractivity contribution in [1.29, 1.82) is 0 Å². The van der Waals surface area contributed by atoms with Crippen molar-refractivity contribution in [3.8, 4) is 0 Å². The molecule has 84 valence electrons. The number of aromatic nitrogens is 1. The van der Waals surface area contributed by atoms with Gasteiger partial charge in [-0.2, -0.15) is 0 Å². The van der Waals surface area contributed by atoms with E-state index in [1.807, 2.05) is 7.05 Å². The van der Waals surface area contributed by atoms with Gasteiger partial charge < -0.3 is 15.0 Å². The Labute approximate surface area is 94.8 Å². The zero-order valence-corrected chi connectivity index (χ0v) is 9.42. The summed E-state index contributed by atoms with van der Waals surface area (Å²) in [6, 6.07) is 8.44. The van der Waals surface area contributed by atoms with Crippen LogP contribution in [0.3, 0.4) is 0 Å². The van der Waals surface area contributed by atoms with Crippen LogP contribution in [0.2, 0.25) is 0 Å². The lowest BCUT2D eigenvalue weighted by Gasteiger charge is -2.41. The van der Waals surface area contributed by atoms with Gasteiger partial charge in [-0.05, 0) is 18.7 Å². The van der Waals surface area contributed by atoms with Crippen LogP contribution in [0.25, 0.3) is 10.9 Å². The number of nitrogens with one attached hydrogen (secondary N) is 2. The summed E-state index contributed by atoms with van der Waals surface area (Å²) >= 11 is 0. The fourth-order valence-corrected chi connectivity index (χ4v) is 2.55. The van der Waals surface area contributed by atoms with E-state index in [2.05, 4.69) is 40.8 Å². The van der Waals surface area contributed by atoms with Crippen molar-refractivity contribution in [2.24, 2.45) is 0 Å². The highest BCUT2D eigenvalue weighted by Crippen LogP contribution is 2.36. The number of aromatic amines is 1. The Morgan fingerprint density at radius 3 is 2.88 bits per heavy atom. The normalized spacial score (nSPS) is 18.6. The zero-order valence-electron chi connectivity index (χ0n) is 9.42. The third-order valence-corrected chi connectivity index (χ3v) is 3.43. The van der Waals surface area contributed by atoms with E-state index in [4.69, 9.17) is 4.74 Å². The predicted molar refractivity (Wildman–Crippen MR) is 64.7 cm³/mol. The van der Waals surface area contributed by atoms with Crippen molar-refractivity contribution in [3.63, 3.8) is 0 Å². The van der Waals surface area contributed by atoms with Gasteiger partial charge in [0.2, 0.25) is 0 Å². The molecule has 2 N–H and O–H groups in total. The van der Waals surface area contributed by atoms with Gasteiger partial charge in [-0.3, -0.25) is 0 Å². The van der Waals surface area contributed by atoms with Crippen molar-refractivity contribution in [3.05, 3.63) is 36.0 Å². The summed E-state index contributed by atoms with van der Waals surface area (Å²) in [5, 5.41) is 4.59. The van der Waals surface area contributed by atoms with E-state index < -0.39 is 0 Å². The van der Waals surface area contributed by atoms with Crippen LogP contribution in [0, 0.1) is 0 Å². The molecule has 1 saturated heterocycles. The number of ether oxygens (including phenoxy) is 1. The van der Waals surface area contributed by atoms with Gasteiger partial charge in [0.1, 0.15) is 0 Å². The number of hydrogen-bond donors (Lipinski definition) is 2. The molecule has 1 aliphatic heterocycles. The lowest BCUT2D eigenvalue weighted by Crippen LogP contribution is -2.52. The van der Waals surface area contributed by atoms with Crippen molar-refractivity contribution in [2.75, 3.05) is 26.8 Å². The molecule has 16 heavy (non-hydrogen) atoms. The van der Waals surface area contributed by atoms with Crippen LogP contribution in [0.15, 0.2) is 30.5 Å². The average Bonchev–Trinajstić information content (AvgIpc) is 2.68. The minimum absolute atomic E-state index is 0.161. The summed E-state index contributed by atoms with van der Waals surface area (Å²) in [4.78, 5) is 3.34. The fourth-order valence-electron chi connectivity index (χ4n) is 2.55. The summed E-state index contributed by atoms with van der Waals surface area (Å²) in [5.74, 6) is 0. The van der Waals surface area contributed by atoms with E-state index in [9.17, 15) is 0 Å². The van der Waals surface area contributed by atoms with Gasteiger partial charge in [0, 0.05) is 23.6 Å². The molecule has 3 nitrogen and oxygen atoms in total. The summed E-state index contributed by atoms with van der Waals surface area (Å²) in [7, 11) is 1.99. The summed E-state index contributed by atoms with van der Waals surface area (Å²) in [6.07, 6.45) is 2.13. The molecule has 2 heterocycles. The Morgan fingerprint density at radius 2 is 2.19 bits per heavy atom. The second-order valence-corrected chi connectivity index (χ2v) is 4.55. The molecule has 0 unspecified atom stereocenters. The predicted octanol–water partition coefficient (Wildman–Crippen LogP) is 1.66. The molecule has 0 aliphatic carbocycles. The SMILES string of the molecule is CNCC1(c2c[nH]c3ccccc23)COC1. The highest BCUT2D eigenvalue weighted by molar-refractivity contribution is 5.84. The quantitative estimate of drug-likeness (QED) is 0.818. The molecule has 1 aliphatic rings. The summed E-state index contributed by atoms with van der Waals surface area (Å²) < 4.78 is 5.41. The van der Waals surface area contributed by atoms with Crippen molar-refractivity contribution >= 4 is 10.9 Å². The third kappa shape index (κ3) is 1.29. The number of H-pyrrole nitrogens is 1. The second-order valence-electron chi connectivity index (χ2n) is 4.55. The molecular weight excluding hydrogens is 200 g/mol. The van der Waals surface area contributed by atoms with Gasteiger partial charge in [-0.15, -0.1) is 0 Å². The smallest absolute Gasteiger partial charge is 0.0598 e. The van der Waals surface area contributed by atoms with Gasteiger partial charge in [-0.1, -0.05) is 18.2 Å². The molecule has 0 atom stereocenters. The van der Waals surface area contributed by atoms with Gasteiger partial charge in [0.15, 0.2) is 0 Å². The Hall–Kier alpha value is -1.32. The van der Waals surface area contributed by atoms with Crippen LogP contribution < -0.4 is 5.32 Å². The highest BCUT2D eigenvalue weighted by Gasteiger charge is 2.41. The van der Waals surface area contributed by atoms with Crippen LogP contribution in [0.1, 0.15) is 5.56 Å². The first-order chi connectivity index (χ1) is 7.86. The van der Waals surface area contributed by atoms with E-state index >= 15 is 0 Å². The van der Waals surface area contributed by atoms with Gasteiger partial charge in [0.25, 0.3) is 0 Å². The van der Waals surface area contributed by atoms with Gasteiger partial charge >= 0.3 is 0 Å². The number of likely N-dealkylation sites (N-methyl/N-ethyl adjacent to an activating group) is 1. The second kappa shape index (κ2) is 3.61. The average molecular weight is 216 g/mol. The number of benzene rings is 1. The van der Waals surface area contributed by atoms with Crippen LogP contribution in [0.5, 0.6) is 0 Å². The van der Waals surface area contributed by atoms with E-state index in [0.717, 1.165) is 19.8 Å². The van der Waals surface area contributed by atoms with Gasteiger partial charge in [-0.25, -0.2) is 0 Å². The number of hydrogen-bond acceptors (Lipinski definition) is 2. The van der Waals surface area contributed by atoms with Crippen molar-refractivity contribution < 1.29 is 4.74 Å². The maximum absolute atomic E-state index is 5.41. The van der Waals surface area contributed by atoms with E-state index in [1.165, 1.54) is 16.5 Å². The molecule has 3 heteroatoms. The first-order valence-electron chi connectivity index (χ1n) is 5.65. The summed E-state index contributed by atoms with van der Waals surface area (Å²) in [5.41, 5.74) is 2.75. The largest absolute Gasteiger partial charge is 0.379 e. The molecular formula is C13H16N2O. The molecule has 0 saturated carbocycles. The molecule has 2 aromatic rings. The topological polar surface area (TPSA) is 37.0 Å². The molecule has 1 aromatic carbocycles. The molecule has 3 rings (SSSR count). The van der Waals surface area contributed by atoms with Gasteiger partial charge in [0.05, 0.1) is 18.6 Å². The number of para-hydroxylation sites is 1. The lowest BCUT2D eigenvalue weighted by atomic mass is 9.78. The minimum atomic E-state index is 0.161. The molecule has 1 fully saturated rings. The molecule has 0 amide bonds. The number of fused-ring (bicyclic) bond motifs is 1. The van der Waals surface area contributed by atoms with E-state index in [0.29, 0.717) is 0 Å². The zero-order chi connectivity index (χ0) is 11.0.